The first-order chi connectivity index (χ1) is 10.5. The van der Waals surface area contributed by atoms with Crippen molar-refractivity contribution >= 4 is 39.7 Å². The number of aromatic nitrogens is 1. The monoisotopic (exact) mass is 382 g/mol. The Morgan fingerprint density at radius 2 is 2.13 bits per heavy atom. The van der Waals surface area contributed by atoms with Crippen LogP contribution in [0.15, 0.2) is 5.38 Å². The van der Waals surface area contributed by atoms with E-state index in [-0.39, 0.29) is 30.1 Å². The molecule has 10 heteroatoms. The summed E-state index contributed by atoms with van der Waals surface area (Å²) in [4.78, 5) is 16.2. The van der Waals surface area contributed by atoms with Crippen molar-refractivity contribution in [1.29, 1.82) is 0 Å². The van der Waals surface area contributed by atoms with E-state index in [4.69, 9.17) is 5.73 Å². The molecule has 0 saturated carbocycles. The Kier molecular flexibility index (Phi) is 7.88. The van der Waals surface area contributed by atoms with Gasteiger partial charge < -0.3 is 11.1 Å². The lowest BCUT2D eigenvalue weighted by molar-refractivity contribution is 0.0919. The fourth-order valence-electron chi connectivity index (χ4n) is 2.43. The zero-order valence-electron chi connectivity index (χ0n) is 13.0. The molecule has 2 rings (SSSR count). The van der Waals surface area contributed by atoms with Crippen LogP contribution >= 0.6 is 23.7 Å². The Balaban J connectivity index is 0.00000264. The van der Waals surface area contributed by atoms with Gasteiger partial charge in [0.15, 0.2) is 0 Å². The summed E-state index contributed by atoms with van der Waals surface area (Å²) < 4.78 is 25.5. The first-order valence-corrected chi connectivity index (χ1v) is 9.88. The van der Waals surface area contributed by atoms with Gasteiger partial charge in [0.2, 0.25) is 10.0 Å². The highest BCUT2D eigenvalue weighted by molar-refractivity contribution is 7.89. The van der Waals surface area contributed by atoms with Gasteiger partial charge in [-0.2, -0.15) is 0 Å². The third-order valence-electron chi connectivity index (χ3n) is 3.60. The van der Waals surface area contributed by atoms with Crippen LogP contribution in [-0.2, 0) is 16.6 Å². The molecule has 2 heterocycles. The van der Waals surface area contributed by atoms with Crippen LogP contribution in [0.3, 0.4) is 0 Å². The summed E-state index contributed by atoms with van der Waals surface area (Å²) in [6.45, 7) is 3.09. The van der Waals surface area contributed by atoms with E-state index in [1.54, 1.807) is 5.38 Å². The Morgan fingerprint density at radius 1 is 1.48 bits per heavy atom. The fraction of sp³-hybridized carbons (Fsp3) is 0.692. The molecule has 0 spiro atoms. The van der Waals surface area contributed by atoms with Crippen molar-refractivity contribution in [2.24, 2.45) is 5.73 Å². The molecule has 1 amide bonds. The maximum Gasteiger partial charge on any atom is 0.270 e. The van der Waals surface area contributed by atoms with Gasteiger partial charge in [-0.05, 0) is 19.3 Å². The SMILES string of the molecule is CCCS(=O)(=O)N1CCC(NC(=O)c2csc(CN)n2)CC1.Cl. The predicted molar refractivity (Wildman–Crippen MR) is 93.4 cm³/mol. The third kappa shape index (κ3) is 5.39. The molecular weight excluding hydrogens is 360 g/mol. The molecule has 1 saturated heterocycles. The van der Waals surface area contributed by atoms with E-state index in [2.05, 4.69) is 10.3 Å². The summed E-state index contributed by atoms with van der Waals surface area (Å²) in [7, 11) is -3.14. The lowest BCUT2D eigenvalue weighted by Gasteiger charge is -2.31. The number of carbonyl (C=O) groups is 1. The fourth-order valence-corrected chi connectivity index (χ4v) is 4.63. The molecule has 3 N–H and O–H groups in total. The summed E-state index contributed by atoms with van der Waals surface area (Å²) >= 11 is 1.36. The van der Waals surface area contributed by atoms with Crippen molar-refractivity contribution in [2.45, 2.75) is 38.8 Å². The third-order valence-corrected chi connectivity index (χ3v) is 6.55. The highest BCUT2D eigenvalue weighted by atomic mass is 35.5. The lowest BCUT2D eigenvalue weighted by atomic mass is 10.1. The quantitative estimate of drug-likeness (QED) is 0.762. The smallest absolute Gasteiger partial charge is 0.270 e. The maximum absolute atomic E-state index is 12.1. The molecule has 7 nitrogen and oxygen atoms in total. The lowest BCUT2D eigenvalue weighted by Crippen LogP contribution is -2.47. The van der Waals surface area contributed by atoms with E-state index < -0.39 is 10.0 Å². The zero-order valence-corrected chi connectivity index (χ0v) is 15.5. The van der Waals surface area contributed by atoms with Crippen LogP contribution in [0.1, 0.15) is 41.7 Å². The second-order valence-corrected chi connectivity index (χ2v) is 8.32. The number of piperidine rings is 1. The number of carbonyl (C=O) groups excluding carboxylic acids is 1. The van der Waals surface area contributed by atoms with Crippen molar-refractivity contribution in [3.63, 3.8) is 0 Å². The number of hydrogen-bond donors (Lipinski definition) is 2. The molecule has 1 aliphatic heterocycles. The van der Waals surface area contributed by atoms with E-state index >= 15 is 0 Å². The molecule has 0 bridgehead atoms. The van der Waals surface area contributed by atoms with E-state index in [9.17, 15) is 13.2 Å². The van der Waals surface area contributed by atoms with Gasteiger partial charge in [0.1, 0.15) is 10.7 Å². The molecule has 0 atom stereocenters. The molecule has 0 aliphatic carbocycles. The highest BCUT2D eigenvalue weighted by Gasteiger charge is 2.28. The Labute approximate surface area is 147 Å². The Bertz CT molecular complexity index is 612. The topological polar surface area (TPSA) is 105 Å². The van der Waals surface area contributed by atoms with Gasteiger partial charge in [0.25, 0.3) is 5.91 Å². The normalized spacial score (nSPS) is 16.8. The Morgan fingerprint density at radius 3 is 2.65 bits per heavy atom. The summed E-state index contributed by atoms with van der Waals surface area (Å²) in [6, 6.07) is -0.0106. The van der Waals surface area contributed by atoms with Crippen LogP contribution in [0.2, 0.25) is 0 Å². The molecule has 0 aromatic carbocycles. The van der Waals surface area contributed by atoms with Crippen LogP contribution in [-0.4, -0.2) is 48.5 Å². The second-order valence-electron chi connectivity index (χ2n) is 5.29. The minimum atomic E-state index is -3.14. The molecular formula is C13H23ClN4O3S2. The van der Waals surface area contributed by atoms with Gasteiger partial charge >= 0.3 is 0 Å². The standard InChI is InChI=1S/C13H22N4O3S2.ClH/c1-2-7-22(19,20)17-5-3-10(4-6-17)15-13(18)11-9-21-12(8-14)16-11;/h9-10H,2-8,14H2,1H3,(H,15,18);1H. The molecule has 132 valence electrons. The van der Waals surface area contributed by atoms with Crippen molar-refractivity contribution < 1.29 is 13.2 Å². The maximum atomic E-state index is 12.1. The first-order valence-electron chi connectivity index (χ1n) is 7.39. The van der Waals surface area contributed by atoms with Crippen molar-refractivity contribution in [3.05, 3.63) is 16.1 Å². The number of nitrogens with zero attached hydrogens (tertiary/aromatic N) is 2. The minimum absolute atomic E-state index is 0. The van der Waals surface area contributed by atoms with E-state index in [1.807, 2.05) is 6.92 Å². The van der Waals surface area contributed by atoms with Crippen molar-refractivity contribution in [3.8, 4) is 0 Å². The van der Waals surface area contributed by atoms with Crippen LogP contribution in [0.25, 0.3) is 0 Å². The van der Waals surface area contributed by atoms with Crippen LogP contribution < -0.4 is 11.1 Å². The number of nitrogens with one attached hydrogen (secondary N) is 1. The van der Waals surface area contributed by atoms with Crippen LogP contribution in [0, 0.1) is 0 Å². The number of halogens is 1. The van der Waals surface area contributed by atoms with Gasteiger partial charge in [-0.25, -0.2) is 17.7 Å². The molecule has 0 radical (unpaired) electrons. The van der Waals surface area contributed by atoms with Crippen LogP contribution in [0.4, 0.5) is 0 Å². The summed E-state index contributed by atoms with van der Waals surface area (Å²) in [5, 5.41) is 5.34. The number of rotatable bonds is 6. The summed E-state index contributed by atoms with van der Waals surface area (Å²) in [5.74, 6) is -0.0316. The predicted octanol–water partition coefficient (Wildman–Crippen LogP) is 0.958. The number of amides is 1. The molecule has 0 unspecified atom stereocenters. The molecule has 1 aromatic rings. The van der Waals surface area contributed by atoms with Crippen molar-refractivity contribution in [1.82, 2.24) is 14.6 Å². The van der Waals surface area contributed by atoms with Crippen LogP contribution in [0.5, 0.6) is 0 Å². The van der Waals surface area contributed by atoms with Gasteiger partial charge in [0, 0.05) is 31.1 Å². The summed E-state index contributed by atoms with van der Waals surface area (Å²) in [6.07, 6.45) is 1.87. The van der Waals surface area contributed by atoms with Gasteiger partial charge in [-0.3, -0.25) is 4.79 Å². The highest BCUT2D eigenvalue weighted by Crippen LogP contribution is 2.16. The van der Waals surface area contributed by atoms with Gasteiger partial charge in [0.05, 0.1) is 5.75 Å². The molecule has 1 aliphatic rings. The number of nitrogens with two attached hydrogens (primary N) is 1. The van der Waals surface area contributed by atoms with Crippen molar-refractivity contribution in [2.75, 3.05) is 18.8 Å². The molecule has 1 aromatic heterocycles. The minimum Gasteiger partial charge on any atom is -0.348 e. The molecule has 23 heavy (non-hydrogen) atoms. The molecule has 1 fully saturated rings. The van der Waals surface area contributed by atoms with E-state index in [0.717, 1.165) is 5.01 Å². The number of sulfonamides is 1. The van der Waals surface area contributed by atoms with Gasteiger partial charge in [-0.15, -0.1) is 23.7 Å². The zero-order chi connectivity index (χ0) is 16.2. The average Bonchev–Trinajstić information content (AvgIpc) is 2.97. The second kappa shape index (κ2) is 8.93. The number of thiazole rings is 1. The van der Waals surface area contributed by atoms with E-state index in [1.165, 1.54) is 15.6 Å². The first kappa shape index (κ1) is 20.3. The Hall–Kier alpha value is -0.740. The van der Waals surface area contributed by atoms with Gasteiger partial charge in [-0.1, -0.05) is 6.92 Å². The van der Waals surface area contributed by atoms with E-state index in [0.29, 0.717) is 44.6 Å². The number of hydrogen-bond acceptors (Lipinski definition) is 6. The summed E-state index contributed by atoms with van der Waals surface area (Å²) in [5.41, 5.74) is 5.86. The largest absolute Gasteiger partial charge is 0.348 e. The average molecular weight is 383 g/mol.